The number of sulfone groups is 1. The van der Waals surface area contributed by atoms with Gasteiger partial charge in [0.15, 0.2) is 19.8 Å². The normalized spacial score (nSPS) is 12.0. The van der Waals surface area contributed by atoms with Gasteiger partial charge < -0.3 is 14.6 Å². The lowest BCUT2D eigenvalue weighted by Crippen LogP contribution is -2.28. The molecule has 0 fully saturated rings. The molecule has 1 N–H and O–H groups in total. The molecule has 2 aromatic heterocycles. The fraction of sp³-hybridized carbons (Fsp3) is 0.167. The second-order valence-electron chi connectivity index (χ2n) is 7.61. The topological polar surface area (TPSA) is 120 Å². The highest BCUT2D eigenvalue weighted by Crippen LogP contribution is 2.25. The second-order valence-corrected chi connectivity index (χ2v) is 11.5. The summed E-state index contributed by atoms with van der Waals surface area (Å²) in [5.41, 5.74) is 2.36. The van der Waals surface area contributed by atoms with Gasteiger partial charge in [0.1, 0.15) is 17.3 Å². The maximum absolute atomic E-state index is 12.5. The van der Waals surface area contributed by atoms with Gasteiger partial charge in [-0.25, -0.2) is 13.4 Å². The number of carbonyl (C=O) groups excluding carboxylic acids is 2. The Bertz CT molecular complexity index is 1600. The number of carbonyl (C=O) groups is 2. The van der Waals surface area contributed by atoms with Crippen molar-refractivity contribution in [3.8, 4) is 17.0 Å². The lowest BCUT2D eigenvalue weighted by molar-refractivity contribution is -0.115. The molecule has 186 valence electrons. The van der Waals surface area contributed by atoms with E-state index >= 15 is 0 Å². The summed E-state index contributed by atoms with van der Waals surface area (Å²) in [5.74, 6) is -2.73. The van der Waals surface area contributed by atoms with Crippen LogP contribution in [-0.4, -0.2) is 48.4 Å². The molecule has 0 aliphatic heterocycles. The largest absolute Gasteiger partial charge is 0.497 e. The summed E-state index contributed by atoms with van der Waals surface area (Å²) in [6, 6.07) is 14.8. The van der Waals surface area contributed by atoms with Gasteiger partial charge >= 0.3 is 0 Å². The number of nitrogens with zero attached hydrogens (tertiary/aromatic N) is 3. The zero-order valence-corrected chi connectivity index (χ0v) is 21.7. The molecule has 0 atom stereocenters. The van der Waals surface area contributed by atoms with Crippen LogP contribution in [0.25, 0.3) is 21.5 Å². The molecule has 0 radical (unpaired) electrons. The Balaban J connectivity index is 1.45. The molecule has 0 saturated carbocycles. The van der Waals surface area contributed by atoms with E-state index in [9.17, 15) is 18.0 Å². The van der Waals surface area contributed by atoms with Gasteiger partial charge in [-0.05, 0) is 18.2 Å². The molecule has 2 heterocycles. The third-order valence-corrected chi connectivity index (χ3v) is 8.12. The number of thiazole rings is 2. The Morgan fingerprint density at radius 2 is 1.97 bits per heavy atom. The Morgan fingerprint density at radius 1 is 1.19 bits per heavy atom. The number of amides is 2. The number of methoxy groups -OCH3 is 1. The molecule has 36 heavy (non-hydrogen) atoms. The Kier molecular flexibility index (Phi) is 7.77. The lowest BCUT2D eigenvalue weighted by atomic mass is 10.2. The molecule has 12 heteroatoms. The molecule has 0 aliphatic rings. The number of fused-ring (bicyclic) bond motifs is 1. The molecule has 0 unspecified atom stereocenters. The van der Waals surface area contributed by atoms with Crippen LogP contribution in [0.5, 0.6) is 5.75 Å². The van der Waals surface area contributed by atoms with Gasteiger partial charge in [0.2, 0.25) is 5.91 Å². The average molecular weight is 543 g/mol. The zero-order valence-electron chi connectivity index (χ0n) is 19.2. The zero-order chi connectivity index (χ0) is 25.7. The number of hydrogen-bond donors (Lipinski definition) is 1. The Morgan fingerprint density at radius 3 is 2.69 bits per heavy atom. The summed E-state index contributed by atoms with van der Waals surface area (Å²) in [5, 5.41) is 4.53. The van der Waals surface area contributed by atoms with Crippen molar-refractivity contribution in [3.63, 3.8) is 0 Å². The smallest absolute Gasteiger partial charge is 0.263 e. The molecule has 0 saturated heterocycles. The van der Waals surface area contributed by atoms with Gasteiger partial charge in [0.25, 0.3) is 5.91 Å². The summed E-state index contributed by atoms with van der Waals surface area (Å²) in [6.45, 7) is 4.11. The molecule has 0 bridgehead atoms. The molecule has 0 aliphatic carbocycles. The minimum atomic E-state index is -4.05. The molecule has 0 spiro atoms. The highest BCUT2D eigenvalue weighted by molar-refractivity contribution is 7.92. The highest BCUT2D eigenvalue weighted by Gasteiger charge is 2.22. The Labute approximate surface area is 215 Å². The van der Waals surface area contributed by atoms with E-state index in [1.54, 1.807) is 29.2 Å². The van der Waals surface area contributed by atoms with E-state index in [1.807, 2.05) is 42.5 Å². The van der Waals surface area contributed by atoms with Crippen molar-refractivity contribution in [3.05, 3.63) is 71.4 Å². The minimum absolute atomic E-state index is 0.274. The average Bonchev–Trinajstić information content (AvgIpc) is 3.43. The number of benzene rings is 2. The van der Waals surface area contributed by atoms with Crippen LogP contribution in [0.15, 0.2) is 71.6 Å². The Hall–Kier alpha value is -3.61. The standard InChI is InChI=1S/C24H22N4O5S3/c1-3-11-28-19-10-9-17(33-2)12-20(19)35-24(28)27-22(30)15-36(31,32)14-21(29)26-23-25-18(13-34-23)16-7-5-4-6-8-16/h3-10,12-13H,1,11,14-15H2,2H3,(H,25,26,29). The summed E-state index contributed by atoms with van der Waals surface area (Å²) in [7, 11) is -2.50. The van der Waals surface area contributed by atoms with Crippen LogP contribution in [0.1, 0.15) is 0 Å². The van der Waals surface area contributed by atoms with Crippen molar-refractivity contribution in [1.82, 2.24) is 9.55 Å². The van der Waals surface area contributed by atoms with Crippen molar-refractivity contribution in [2.75, 3.05) is 23.9 Å². The van der Waals surface area contributed by atoms with Crippen LogP contribution in [0, 0.1) is 0 Å². The first-order chi connectivity index (χ1) is 17.3. The van der Waals surface area contributed by atoms with Crippen LogP contribution >= 0.6 is 22.7 Å². The van der Waals surface area contributed by atoms with Crippen LogP contribution in [0.2, 0.25) is 0 Å². The second kappa shape index (κ2) is 11.0. The SMILES string of the molecule is C=CCn1c(=NC(=O)CS(=O)(=O)CC(=O)Nc2nc(-c3ccccc3)cs2)sc2cc(OC)ccc21. The number of aromatic nitrogens is 2. The first kappa shape index (κ1) is 25.5. The maximum Gasteiger partial charge on any atom is 0.263 e. The highest BCUT2D eigenvalue weighted by atomic mass is 32.2. The fourth-order valence-electron chi connectivity index (χ4n) is 3.38. The first-order valence-electron chi connectivity index (χ1n) is 10.6. The fourth-order valence-corrected chi connectivity index (χ4v) is 6.21. The van der Waals surface area contributed by atoms with Gasteiger partial charge in [0.05, 0.1) is 23.0 Å². The monoisotopic (exact) mass is 542 g/mol. The van der Waals surface area contributed by atoms with E-state index in [2.05, 4.69) is 21.9 Å². The van der Waals surface area contributed by atoms with Gasteiger partial charge in [-0.15, -0.1) is 17.9 Å². The molecule has 9 nitrogen and oxygen atoms in total. The van der Waals surface area contributed by atoms with Gasteiger partial charge in [-0.3, -0.25) is 9.59 Å². The van der Waals surface area contributed by atoms with E-state index in [1.165, 1.54) is 22.7 Å². The number of nitrogens with one attached hydrogen (secondary N) is 1. The van der Waals surface area contributed by atoms with Crippen molar-refractivity contribution in [2.24, 2.45) is 4.99 Å². The minimum Gasteiger partial charge on any atom is -0.497 e. The third kappa shape index (κ3) is 6.14. The van der Waals surface area contributed by atoms with Gasteiger partial charge in [0, 0.05) is 17.5 Å². The maximum atomic E-state index is 12.5. The van der Waals surface area contributed by atoms with Crippen molar-refractivity contribution < 1.29 is 22.7 Å². The van der Waals surface area contributed by atoms with Crippen molar-refractivity contribution in [1.29, 1.82) is 0 Å². The number of rotatable bonds is 9. The van der Waals surface area contributed by atoms with E-state index < -0.39 is 33.2 Å². The van der Waals surface area contributed by atoms with E-state index in [-0.39, 0.29) is 5.13 Å². The van der Waals surface area contributed by atoms with E-state index in [0.717, 1.165) is 15.8 Å². The predicted octanol–water partition coefficient (Wildman–Crippen LogP) is 3.50. The van der Waals surface area contributed by atoms with Gasteiger partial charge in [-0.2, -0.15) is 4.99 Å². The third-order valence-electron chi connectivity index (χ3n) is 4.94. The molecule has 2 amide bonds. The van der Waals surface area contributed by atoms with Gasteiger partial charge in [-0.1, -0.05) is 47.7 Å². The predicted molar refractivity (Wildman–Crippen MR) is 142 cm³/mol. The summed E-state index contributed by atoms with van der Waals surface area (Å²) < 4.78 is 32.9. The van der Waals surface area contributed by atoms with Crippen LogP contribution in [0.4, 0.5) is 5.13 Å². The first-order valence-corrected chi connectivity index (χ1v) is 14.2. The number of ether oxygens (including phenoxy) is 1. The molecule has 2 aromatic carbocycles. The molecular weight excluding hydrogens is 520 g/mol. The summed E-state index contributed by atoms with van der Waals surface area (Å²) in [6.07, 6.45) is 1.66. The van der Waals surface area contributed by atoms with Crippen molar-refractivity contribution in [2.45, 2.75) is 6.54 Å². The summed E-state index contributed by atoms with van der Waals surface area (Å²) in [4.78, 5) is 33.5. The van der Waals surface area contributed by atoms with Crippen LogP contribution in [-0.2, 0) is 26.0 Å². The molecular formula is C24H22N4O5S3. The van der Waals surface area contributed by atoms with Crippen LogP contribution < -0.4 is 14.9 Å². The summed E-state index contributed by atoms with van der Waals surface area (Å²) >= 11 is 2.41. The van der Waals surface area contributed by atoms with E-state index in [4.69, 9.17) is 4.74 Å². The van der Waals surface area contributed by atoms with Crippen LogP contribution in [0.3, 0.4) is 0 Å². The number of hydrogen-bond acceptors (Lipinski definition) is 8. The molecule has 4 rings (SSSR count). The van der Waals surface area contributed by atoms with Crippen molar-refractivity contribution >= 4 is 59.7 Å². The number of allylic oxidation sites excluding steroid dienone is 1. The molecule has 4 aromatic rings. The number of anilines is 1. The quantitative estimate of drug-likeness (QED) is 0.323. The lowest BCUT2D eigenvalue weighted by Gasteiger charge is -2.03. The van der Waals surface area contributed by atoms with E-state index in [0.29, 0.717) is 22.8 Å².